The molecule has 0 radical (unpaired) electrons. The summed E-state index contributed by atoms with van der Waals surface area (Å²) in [6.07, 6.45) is 4.16. The summed E-state index contributed by atoms with van der Waals surface area (Å²) in [5.74, 6) is -0.796. The molecule has 122 valence electrons. The van der Waals surface area contributed by atoms with Gasteiger partial charge in [0.25, 0.3) is 11.8 Å². The zero-order chi connectivity index (χ0) is 17.3. The summed E-state index contributed by atoms with van der Waals surface area (Å²) in [4.78, 5) is 31.5. The molecule has 0 fully saturated rings. The Bertz CT molecular complexity index is 928. The first-order valence-corrected chi connectivity index (χ1v) is 6.76. The lowest BCUT2D eigenvalue weighted by molar-refractivity contribution is 0.0995. The van der Waals surface area contributed by atoms with Crippen LogP contribution in [0.2, 0.25) is 0 Å². The molecule has 0 unspecified atom stereocenters. The molecule has 3 aromatic rings. The zero-order valence-corrected chi connectivity index (χ0v) is 12.6. The van der Waals surface area contributed by atoms with Crippen molar-refractivity contribution < 1.29 is 14.0 Å². The van der Waals surface area contributed by atoms with E-state index in [9.17, 15) is 9.59 Å². The number of nitrogen functional groups attached to an aromatic ring is 1. The number of nitrogens with zero attached hydrogens (tertiary/aromatic N) is 4. The van der Waals surface area contributed by atoms with Crippen LogP contribution in [-0.2, 0) is 7.05 Å². The normalized spacial score (nSPS) is 10.5. The van der Waals surface area contributed by atoms with Crippen molar-refractivity contribution in [2.75, 3.05) is 11.1 Å². The van der Waals surface area contributed by atoms with Crippen molar-refractivity contribution in [3.05, 3.63) is 42.2 Å². The molecule has 0 aliphatic carbocycles. The van der Waals surface area contributed by atoms with Crippen LogP contribution in [0.15, 0.2) is 35.2 Å². The molecule has 0 bridgehead atoms. The first-order valence-electron chi connectivity index (χ1n) is 6.76. The van der Waals surface area contributed by atoms with Crippen molar-refractivity contribution >= 4 is 23.3 Å². The summed E-state index contributed by atoms with van der Waals surface area (Å²) in [6.45, 7) is 0. The van der Waals surface area contributed by atoms with Crippen molar-refractivity contribution in [1.82, 2.24) is 19.7 Å². The van der Waals surface area contributed by atoms with Crippen molar-refractivity contribution in [1.29, 1.82) is 0 Å². The molecule has 5 N–H and O–H groups in total. The topological polar surface area (TPSA) is 155 Å². The second kappa shape index (κ2) is 5.83. The predicted molar refractivity (Wildman–Crippen MR) is 83.8 cm³/mol. The Kier molecular flexibility index (Phi) is 3.70. The third-order valence-electron chi connectivity index (χ3n) is 3.08. The summed E-state index contributed by atoms with van der Waals surface area (Å²) in [7, 11) is 1.60. The zero-order valence-electron chi connectivity index (χ0n) is 12.6. The fraction of sp³-hybridized carbons (Fsp3) is 0.0714. The first-order chi connectivity index (χ1) is 11.4. The van der Waals surface area contributed by atoms with Crippen molar-refractivity contribution in [2.24, 2.45) is 12.8 Å². The summed E-state index contributed by atoms with van der Waals surface area (Å²) in [5.41, 5.74) is 11.6. The first kappa shape index (κ1) is 15.2. The molecule has 0 saturated heterocycles. The van der Waals surface area contributed by atoms with E-state index in [1.165, 1.54) is 23.3 Å². The third-order valence-corrected chi connectivity index (χ3v) is 3.08. The molecule has 3 aromatic heterocycles. The van der Waals surface area contributed by atoms with Gasteiger partial charge in [0, 0.05) is 25.0 Å². The molecule has 10 nitrogen and oxygen atoms in total. The number of nitrogens with two attached hydrogens (primary N) is 2. The number of rotatable bonds is 4. The average molecular weight is 327 g/mol. The van der Waals surface area contributed by atoms with Gasteiger partial charge in [-0.1, -0.05) is 0 Å². The van der Waals surface area contributed by atoms with E-state index in [1.807, 2.05) is 0 Å². The average Bonchev–Trinajstić information content (AvgIpc) is 3.14. The highest BCUT2D eigenvalue weighted by atomic mass is 16.3. The number of amides is 2. The van der Waals surface area contributed by atoms with Crippen LogP contribution in [0.3, 0.4) is 0 Å². The Balaban J connectivity index is 1.83. The van der Waals surface area contributed by atoms with Crippen LogP contribution in [0.1, 0.15) is 21.0 Å². The van der Waals surface area contributed by atoms with E-state index in [2.05, 4.69) is 20.4 Å². The molecular weight excluding hydrogens is 314 g/mol. The number of hydrogen-bond acceptors (Lipinski definition) is 7. The summed E-state index contributed by atoms with van der Waals surface area (Å²) >= 11 is 0. The van der Waals surface area contributed by atoms with Crippen LogP contribution in [0.5, 0.6) is 0 Å². The van der Waals surface area contributed by atoms with Gasteiger partial charge in [-0.05, 0) is 12.1 Å². The number of pyridine rings is 1. The van der Waals surface area contributed by atoms with Gasteiger partial charge in [0.2, 0.25) is 5.89 Å². The maximum absolute atomic E-state index is 12.2. The molecule has 24 heavy (non-hydrogen) atoms. The molecule has 3 heterocycles. The number of oxazole rings is 1. The van der Waals surface area contributed by atoms with E-state index in [-0.39, 0.29) is 23.0 Å². The van der Waals surface area contributed by atoms with E-state index in [1.54, 1.807) is 19.2 Å². The lowest BCUT2D eigenvalue weighted by Crippen LogP contribution is -2.18. The molecule has 0 aliphatic rings. The van der Waals surface area contributed by atoms with Crippen LogP contribution >= 0.6 is 0 Å². The van der Waals surface area contributed by atoms with Crippen molar-refractivity contribution in [3.63, 3.8) is 0 Å². The maximum Gasteiger partial charge on any atom is 0.277 e. The van der Waals surface area contributed by atoms with Gasteiger partial charge in [-0.2, -0.15) is 5.10 Å². The minimum atomic E-state index is -0.751. The van der Waals surface area contributed by atoms with Gasteiger partial charge in [0.15, 0.2) is 11.4 Å². The molecule has 10 heteroatoms. The van der Waals surface area contributed by atoms with E-state index in [0.717, 1.165) is 0 Å². The highest BCUT2D eigenvalue weighted by Gasteiger charge is 2.19. The largest absolute Gasteiger partial charge is 0.444 e. The van der Waals surface area contributed by atoms with E-state index < -0.39 is 11.8 Å². The summed E-state index contributed by atoms with van der Waals surface area (Å²) in [6, 6.07) is 3.22. The molecule has 0 saturated carbocycles. The van der Waals surface area contributed by atoms with E-state index >= 15 is 0 Å². The van der Waals surface area contributed by atoms with Gasteiger partial charge >= 0.3 is 0 Å². The molecule has 0 atom stereocenters. The minimum Gasteiger partial charge on any atom is -0.444 e. The Hall–Kier alpha value is -3.69. The monoisotopic (exact) mass is 327 g/mol. The van der Waals surface area contributed by atoms with Crippen LogP contribution in [-0.4, -0.2) is 31.6 Å². The molecule has 0 aliphatic heterocycles. The van der Waals surface area contributed by atoms with Crippen molar-refractivity contribution in [2.45, 2.75) is 0 Å². The van der Waals surface area contributed by atoms with Crippen LogP contribution in [0.4, 0.5) is 11.5 Å². The molecular formula is C14H13N7O3. The lowest BCUT2D eigenvalue weighted by atomic mass is 10.2. The van der Waals surface area contributed by atoms with Crippen molar-refractivity contribution in [3.8, 4) is 11.5 Å². The van der Waals surface area contributed by atoms with Gasteiger partial charge in [0.05, 0.1) is 5.69 Å². The fourth-order valence-corrected chi connectivity index (χ4v) is 2.04. The minimum absolute atomic E-state index is 0.0275. The Morgan fingerprint density at radius 1 is 1.38 bits per heavy atom. The smallest absolute Gasteiger partial charge is 0.277 e. The number of aryl methyl sites for hydroxylation is 1. The number of carbonyl (C=O) groups is 2. The quantitative estimate of drug-likeness (QED) is 0.626. The predicted octanol–water partition coefficient (Wildman–Crippen LogP) is 0.403. The van der Waals surface area contributed by atoms with Gasteiger partial charge in [-0.25, -0.2) is 9.97 Å². The van der Waals surface area contributed by atoms with Gasteiger partial charge in [-0.15, -0.1) is 0 Å². The second-order valence-electron chi connectivity index (χ2n) is 4.89. The number of carbonyl (C=O) groups excluding carboxylic acids is 2. The SMILES string of the molecule is Cn1cc(NC(=O)c2coc(-c3ccnc(N)c3)n2)c(C(N)=O)n1. The fourth-order valence-electron chi connectivity index (χ4n) is 2.04. The third kappa shape index (κ3) is 2.92. The Morgan fingerprint density at radius 3 is 2.88 bits per heavy atom. The number of primary amides is 1. The Labute approximate surface area is 135 Å². The number of aromatic nitrogens is 4. The number of nitrogens with one attached hydrogen (secondary N) is 1. The maximum atomic E-state index is 12.2. The molecule has 3 rings (SSSR count). The highest BCUT2D eigenvalue weighted by Crippen LogP contribution is 2.20. The molecule has 0 spiro atoms. The summed E-state index contributed by atoms with van der Waals surface area (Å²) in [5, 5.41) is 6.40. The van der Waals surface area contributed by atoms with Crippen LogP contribution in [0, 0.1) is 0 Å². The van der Waals surface area contributed by atoms with E-state index in [0.29, 0.717) is 11.4 Å². The van der Waals surface area contributed by atoms with Crippen LogP contribution < -0.4 is 16.8 Å². The summed E-state index contributed by atoms with van der Waals surface area (Å²) < 4.78 is 6.64. The molecule has 0 aromatic carbocycles. The van der Waals surface area contributed by atoms with Gasteiger partial charge in [0.1, 0.15) is 12.1 Å². The highest BCUT2D eigenvalue weighted by molar-refractivity contribution is 6.07. The lowest BCUT2D eigenvalue weighted by Gasteiger charge is -2.00. The van der Waals surface area contributed by atoms with Gasteiger partial charge in [-0.3, -0.25) is 14.3 Å². The van der Waals surface area contributed by atoms with E-state index in [4.69, 9.17) is 15.9 Å². The second-order valence-corrected chi connectivity index (χ2v) is 4.89. The number of hydrogen-bond donors (Lipinski definition) is 3. The number of anilines is 2. The standard InChI is InChI=1S/C14H13N7O3/c1-21-5-8(11(20-21)12(16)22)18-13(23)9-6-24-14(19-9)7-2-3-17-10(15)4-7/h2-6H,1H3,(H2,15,17)(H2,16,22)(H,18,23). The Morgan fingerprint density at radius 2 is 2.17 bits per heavy atom. The molecule has 2 amide bonds. The van der Waals surface area contributed by atoms with Gasteiger partial charge < -0.3 is 21.2 Å². The van der Waals surface area contributed by atoms with Crippen LogP contribution in [0.25, 0.3) is 11.5 Å².